The van der Waals surface area contributed by atoms with Crippen molar-refractivity contribution in [2.24, 2.45) is 5.16 Å². The lowest BCUT2D eigenvalue weighted by atomic mass is 9.96. The van der Waals surface area contributed by atoms with Gasteiger partial charge in [-0.05, 0) is 44.0 Å². The Hall–Kier alpha value is -2.39. The maximum atomic E-state index is 14.8. The molecule has 31 heavy (non-hydrogen) atoms. The number of sulfone groups is 1. The van der Waals surface area contributed by atoms with Crippen LogP contribution in [-0.4, -0.2) is 42.9 Å². The molecule has 0 amide bonds. The smallest absolute Gasteiger partial charge is 0.150 e. The highest BCUT2D eigenvalue weighted by molar-refractivity contribution is 7.91. The average molecular weight is 455 g/mol. The molecule has 5 nitrogen and oxygen atoms in total. The van der Waals surface area contributed by atoms with Gasteiger partial charge >= 0.3 is 0 Å². The highest BCUT2D eigenvalue weighted by atomic mass is 32.2. The van der Waals surface area contributed by atoms with Gasteiger partial charge in [-0.25, -0.2) is 21.6 Å². The first kappa shape index (κ1) is 23.3. The Morgan fingerprint density at radius 3 is 2.32 bits per heavy atom. The van der Waals surface area contributed by atoms with Crippen LogP contribution in [0.3, 0.4) is 0 Å². The Bertz CT molecular complexity index is 1090. The lowest BCUT2D eigenvalue weighted by molar-refractivity contribution is 0.0792. The molecule has 0 aromatic heterocycles. The van der Waals surface area contributed by atoms with Crippen LogP contribution in [0.4, 0.5) is 13.2 Å². The van der Waals surface area contributed by atoms with Gasteiger partial charge in [-0.2, -0.15) is 0 Å². The zero-order chi connectivity index (χ0) is 22.9. The fraction of sp³-hybridized carbons (Fsp3) is 0.409. The van der Waals surface area contributed by atoms with E-state index in [1.54, 1.807) is 6.92 Å². The second-order valence-electron chi connectivity index (χ2n) is 8.03. The molecule has 1 aliphatic rings. The third-order valence-electron chi connectivity index (χ3n) is 5.26. The minimum absolute atomic E-state index is 0.0779. The summed E-state index contributed by atoms with van der Waals surface area (Å²) in [6.07, 6.45) is 0.571. The normalized spacial score (nSPS) is 18.4. The van der Waals surface area contributed by atoms with Crippen molar-refractivity contribution in [1.82, 2.24) is 0 Å². The van der Waals surface area contributed by atoms with Crippen LogP contribution in [0, 0.1) is 17.5 Å². The van der Waals surface area contributed by atoms with Crippen molar-refractivity contribution in [1.29, 1.82) is 0 Å². The molecule has 168 valence electrons. The number of oxime groups is 1. The summed E-state index contributed by atoms with van der Waals surface area (Å²) in [7, 11) is -3.21. The maximum Gasteiger partial charge on any atom is 0.150 e. The van der Waals surface area contributed by atoms with Crippen molar-refractivity contribution in [2.75, 3.05) is 6.26 Å². The van der Waals surface area contributed by atoms with Crippen LogP contribution in [0.1, 0.15) is 37.8 Å². The molecule has 3 atom stereocenters. The van der Waals surface area contributed by atoms with E-state index in [4.69, 9.17) is 4.84 Å². The van der Waals surface area contributed by atoms with E-state index < -0.39 is 50.3 Å². The van der Waals surface area contributed by atoms with Crippen LogP contribution in [-0.2, 0) is 21.1 Å². The third kappa shape index (κ3) is 5.46. The number of nitrogens with zero attached hydrogens (tertiary/aromatic N) is 1. The number of aliphatic hydroxyl groups is 1. The van der Waals surface area contributed by atoms with E-state index in [0.29, 0.717) is 17.7 Å². The molecule has 2 aromatic carbocycles. The van der Waals surface area contributed by atoms with Crippen molar-refractivity contribution in [3.05, 3.63) is 58.9 Å². The fourth-order valence-electron chi connectivity index (χ4n) is 3.51. The molecule has 0 bridgehead atoms. The largest absolute Gasteiger partial charge is 0.393 e. The van der Waals surface area contributed by atoms with Crippen molar-refractivity contribution in [3.8, 4) is 11.1 Å². The molecule has 1 heterocycles. The topological polar surface area (TPSA) is 76.0 Å². The van der Waals surface area contributed by atoms with Crippen LogP contribution >= 0.6 is 0 Å². The molecule has 0 fully saturated rings. The van der Waals surface area contributed by atoms with E-state index in [9.17, 15) is 26.7 Å². The van der Waals surface area contributed by atoms with Gasteiger partial charge in [-0.15, -0.1) is 0 Å². The van der Waals surface area contributed by atoms with Crippen molar-refractivity contribution in [3.63, 3.8) is 0 Å². The third-order valence-corrected chi connectivity index (χ3v) is 6.92. The summed E-state index contributed by atoms with van der Waals surface area (Å²) in [6.45, 7) is 3.09. The number of hydrogen-bond donors (Lipinski definition) is 1. The minimum Gasteiger partial charge on any atom is -0.393 e. The molecule has 0 saturated carbocycles. The Morgan fingerprint density at radius 2 is 1.77 bits per heavy atom. The second-order valence-corrected chi connectivity index (χ2v) is 10.5. The van der Waals surface area contributed by atoms with Gasteiger partial charge in [-0.3, -0.25) is 0 Å². The first-order chi connectivity index (χ1) is 14.5. The molecule has 1 N–H and O–H groups in total. The van der Waals surface area contributed by atoms with Crippen LogP contribution in [0.15, 0.2) is 35.5 Å². The monoisotopic (exact) mass is 455 g/mol. The van der Waals surface area contributed by atoms with Gasteiger partial charge in [0, 0.05) is 30.2 Å². The predicted molar refractivity (Wildman–Crippen MR) is 112 cm³/mol. The molecule has 0 spiro atoms. The van der Waals surface area contributed by atoms with Gasteiger partial charge in [0.05, 0.1) is 22.6 Å². The summed E-state index contributed by atoms with van der Waals surface area (Å²) in [6, 6.07) is 6.06. The van der Waals surface area contributed by atoms with Gasteiger partial charge in [0.2, 0.25) is 0 Å². The molecular weight excluding hydrogens is 431 g/mol. The Kier molecular flexibility index (Phi) is 6.76. The highest BCUT2D eigenvalue weighted by Gasteiger charge is 2.28. The van der Waals surface area contributed by atoms with Crippen molar-refractivity contribution >= 4 is 15.5 Å². The molecular formula is C22H24F3NO4S. The summed E-state index contributed by atoms with van der Waals surface area (Å²) < 4.78 is 67.0. The summed E-state index contributed by atoms with van der Waals surface area (Å²) in [5.41, 5.74) is 0.385. The van der Waals surface area contributed by atoms with Gasteiger partial charge in [0.15, 0.2) is 0 Å². The molecule has 2 aromatic rings. The van der Waals surface area contributed by atoms with Crippen molar-refractivity contribution < 1.29 is 31.5 Å². The molecule has 1 aliphatic heterocycles. The molecule has 0 aliphatic carbocycles. The number of halogens is 3. The standard InChI is InChI=1S/C22H24F3NO4S/c1-12(27)6-14-8-19(24)22(20(25)9-14)17-5-4-15(10-18(17)23)21-11-16(30-26-21)7-13(2)31(3,28)29/h4-5,8-10,12-13,16,27H,6-7,11H2,1-3H3/t12-,13?,16+/m1/s1. The summed E-state index contributed by atoms with van der Waals surface area (Å²) in [5, 5.41) is 12.7. The molecule has 0 radical (unpaired) electrons. The predicted octanol–water partition coefficient (Wildman–Crippen LogP) is 4.01. The molecule has 0 saturated heterocycles. The van der Waals surface area contributed by atoms with E-state index >= 15 is 0 Å². The lowest BCUT2D eigenvalue weighted by Gasteiger charge is -2.13. The number of aliphatic hydroxyl groups excluding tert-OH is 1. The Balaban J connectivity index is 1.80. The van der Waals surface area contributed by atoms with Crippen molar-refractivity contribution in [2.45, 2.75) is 50.6 Å². The van der Waals surface area contributed by atoms with E-state index in [2.05, 4.69) is 5.16 Å². The summed E-state index contributed by atoms with van der Waals surface area (Å²) in [5.74, 6) is -2.66. The number of benzene rings is 2. The van der Waals surface area contributed by atoms with Gasteiger partial charge in [-0.1, -0.05) is 17.3 Å². The Morgan fingerprint density at radius 1 is 1.13 bits per heavy atom. The lowest BCUT2D eigenvalue weighted by Crippen LogP contribution is -2.23. The van der Waals surface area contributed by atoms with Crippen LogP contribution in [0.5, 0.6) is 0 Å². The zero-order valence-corrected chi connectivity index (χ0v) is 18.2. The van der Waals surface area contributed by atoms with Crippen LogP contribution in [0.2, 0.25) is 0 Å². The first-order valence-corrected chi connectivity index (χ1v) is 11.8. The van der Waals surface area contributed by atoms with Crippen LogP contribution < -0.4 is 0 Å². The molecule has 9 heteroatoms. The minimum atomic E-state index is -3.21. The van der Waals surface area contributed by atoms with E-state index in [1.165, 1.54) is 19.1 Å². The zero-order valence-electron chi connectivity index (χ0n) is 17.4. The quantitative estimate of drug-likeness (QED) is 0.685. The SMILES string of the molecule is CC(C[C@H]1CC(c2ccc(-c3c(F)cc(C[C@@H](C)O)cc3F)c(F)c2)=NO1)S(C)(=O)=O. The van der Waals surface area contributed by atoms with Gasteiger partial charge < -0.3 is 9.94 Å². The van der Waals surface area contributed by atoms with Crippen LogP contribution in [0.25, 0.3) is 11.1 Å². The average Bonchev–Trinajstić information content (AvgIpc) is 3.09. The van der Waals surface area contributed by atoms with E-state index in [-0.39, 0.29) is 24.0 Å². The van der Waals surface area contributed by atoms with E-state index in [0.717, 1.165) is 24.5 Å². The Labute approximate surface area is 179 Å². The first-order valence-electron chi connectivity index (χ1n) is 9.83. The molecule has 1 unspecified atom stereocenters. The fourth-order valence-corrected chi connectivity index (χ4v) is 4.07. The maximum absolute atomic E-state index is 14.8. The number of rotatable bonds is 7. The second kappa shape index (κ2) is 9.00. The summed E-state index contributed by atoms with van der Waals surface area (Å²) in [4.78, 5) is 5.28. The van der Waals surface area contributed by atoms with E-state index in [1.807, 2.05) is 0 Å². The summed E-state index contributed by atoms with van der Waals surface area (Å²) >= 11 is 0. The highest BCUT2D eigenvalue weighted by Crippen LogP contribution is 2.31. The van der Waals surface area contributed by atoms with Gasteiger partial charge in [0.1, 0.15) is 33.4 Å². The number of hydrogen-bond acceptors (Lipinski definition) is 5. The van der Waals surface area contributed by atoms with Gasteiger partial charge in [0.25, 0.3) is 0 Å². The molecule has 3 rings (SSSR count).